The van der Waals surface area contributed by atoms with Gasteiger partial charge in [-0.1, -0.05) is 72.3 Å². The Hall–Kier alpha value is -5.25. The molecule has 1 aliphatic heterocycles. The Morgan fingerprint density at radius 2 is 1.42 bits per heavy atom. The van der Waals surface area contributed by atoms with Crippen molar-refractivity contribution in [2.45, 2.75) is 36.5 Å². The lowest BCUT2D eigenvalue weighted by Crippen LogP contribution is -2.58. The smallest absolute Gasteiger partial charge is 0.416 e. The number of phenols is 1. The molecule has 292 valence electrons. The van der Waals surface area contributed by atoms with E-state index in [1.54, 1.807) is 78.9 Å². The third-order valence-corrected chi connectivity index (χ3v) is 12.6. The van der Waals surface area contributed by atoms with Crippen LogP contribution in [0.2, 0.25) is 0 Å². The number of rotatable bonds is 5. The van der Waals surface area contributed by atoms with E-state index in [2.05, 4.69) is 0 Å². The van der Waals surface area contributed by atoms with E-state index in [1.165, 1.54) is 13.2 Å². The quantitative estimate of drug-likeness (QED) is 0.0930. The fourth-order valence-electron chi connectivity index (χ4n) is 9.49. The van der Waals surface area contributed by atoms with Gasteiger partial charge < -0.3 is 9.84 Å². The maximum Gasteiger partial charge on any atom is 0.416 e. The number of nitrogens with zero attached hydrogens (tertiary/aromatic N) is 1. The molecule has 57 heavy (non-hydrogen) atoms. The van der Waals surface area contributed by atoms with Crippen molar-refractivity contribution in [3.05, 3.63) is 140 Å². The fraction of sp³-hybridized carbons (Fsp3) is 0.256. The molecular formula is C43H30F6INO6. The minimum Gasteiger partial charge on any atom is -0.504 e. The van der Waals surface area contributed by atoms with Crippen molar-refractivity contribution in [3.8, 4) is 11.5 Å². The number of anilines is 1. The zero-order chi connectivity index (χ0) is 40.8. The van der Waals surface area contributed by atoms with Crippen LogP contribution in [0.1, 0.15) is 46.6 Å². The molecular weight excluding hydrogens is 867 g/mol. The van der Waals surface area contributed by atoms with E-state index in [0.29, 0.717) is 42.9 Å². The molecule has 0 aromatic heterocycles. The van der Waals surface area contributed by atoms with E-state index in [0.717, 1.165) is 0 Å². The lowest BCUT2D eigenvalue weighted by Gasteiger charge is -2.55. The predicted octanol–water partition coefficient (Wildman–Crippen LogP) is 9.07. The number of halogens is 7. The molecule has 3 aliphatic carbocycles. The van der Waals surface area contributed by atoms with Gasteiger partial charge in [0.1, 0.15) is 0 Å². The van der Waals surface area contributed by atoms with Gasteiger partial charge >= 0.3 is 12.4 Å². The maximum absolute atomic E-state index is 15.2. The van der Waals surface area contributed by atoms with Gasteiger partial charge in [-0.05, 0) is 94.4 Å². The van der Waals surface area contributed by atoms with Crippen LogP contribution in [-0.4, -0.2) is 35.6 Å². The molecule has 4 aliphatic rings. The Balaban J connectivity index is 1.35. The summed E-state index contributed by atoms with van der Waals surface area (Å²) in [5.74, 6) is -8.56. The summed E-state index contributed by atoms with van der Waals surface area (Å²) in [4.78, 5) is 59.4. The number of aromatic hydroxyl groups is 1. The average molecular weight is 898 g/mol. The average Bonchev–Trinajstić information content (AvgIpc) is 3.44. The van der Waals surface area contributed by atoms with Crippen molar-refractivity contribution in [3.63, 3.8) is 0 Å². The van der Waals surface area contributed by atoms with E-state index >= 15 is 9.59 Å². The van der Waals surface area contributed by atoms with Crippen molar-refractivity contribution >= 4 is 57.2 Å². The van der Waals surface area contributed by atoms with Crippen LogP contribution in [0.4, 0.5) is 32.0 Å². The number of allylic oxidation sites excluding steroid dienone is 4. The van der Waals surface area contributed by atoms with Gasteiger partial charge in [0, 0.05) is 17.4 Å². The summed E-state index contributed by atoms with van der Waals surface area (Å²) in [5.41, 5.74) is -3.84. The number of Topliss-reactive ketones (excluding diaryl/α,β-unsaturated/α-hetero) is 1. The van der Waals surface area contributed by atoms with Crippen LogP contribution in [-0.2, 0) is 36.9 Å². The van der Waals surface area contributed by atoms with Crippen LogP contribution in [0, 0.1) is 27.2 Å². The largest absolute Gasteiger partial charge is 0.504 e. The first-order valence-corrected chi connectivity index (χ1v) is 18.9. The van der Waals surface area contributed by atoms with Crippen molar-refractivity contribution in [1.29, 1.82) is 0 Å². The molecule has 1 saturated heterocycles. The Morgan fingerprint density at radius 1 is 0.807 bits per heavy atom. The molecule has 0 bridgehead atoms. The van der Waals surface area contributed by atoms with E-state index in [1.807, 2.05) is 22.6 Å². The third-order valence-electron chi connectivity index (χ3n) is 11.8. The zero-order valence-electron chi connectivity index (χ0n) is 29.7. The van der Waals surface area contributed by atoms with E-state index in [-0.39, 0.29) is 36.0 Å². The second-order valence-corrected chi connectivity index (χ2v) is 15.8. The highest BCUT2D eigenvalue weighted by Crippen LogP contribution is 2.64. The van der Waals surface area contributed by atoms with Crippen molar-refractivity contribution in [2.75, 3.05) is 12.0 Å². The van der Waals surface area contributed by atoms with Gasteiger partial charge in [0.2, 0.25) is 11.8 Å². The van der Waals surface area contributed by atoms with Crippen LogP contribution in [0.15, 0.2) is 109 Å². The molecule has 1 saturated carbocycles. The number of methoxy groups -OCH3 is 1. The molecule has 0 spiro atoms. The monoisotopic (exact) mass is 897 g/mol. The SMILES string of the molecule is COc1cc([C@H]2C3=CC[C@@H]4C(=O)N(c5cc(C(F)(F)F)cc(C(F)(F)F)c5)C(=O)[C@@H]4[C@@H]3C[C@H]3C(=O)C(c4ccccc4)=CC(=O)[C@@]23c2ccccc2)cc(I)c1O. The number of imide groups is 1. The van der Waals surface area contributed by atoms with Gasteiger partial charge in [-0.25, -0.2) is 4.90 Å². The summed E-state index contributed by atoms with van der Waals surface area (Å²) in [6.45, 7) is 0. The molecule has 0 unspecified atom stereocenters. The lowest BCUT2D eigenvalue weighted by molar-refractivity contribution is -0.143. The zero-order valence-corrected chi connectivity index (χ0v) is 31.9. The van der Waals surface area contributed by atoms with Crippen LogP contribution in [0.3, 0.4) is 0 Å². The third kappa shape index (κ3) is 6.00. The molecule has 4 aromatic carbocycles. The summed E-state index contributed by atoms with van der Waals surface area (Å²) >= 11 is 1.91. The first kappa shape index (κ1) is 38.6. The van der Waals surface area contributed by atoms with Crippen LogP contribution in [0.25, 0.3) is 5.57 Å². The van der Waals surface area contributed by atoms with E-state index in [4.69, 9.17) is 4.74 Å². The molecule has 4 aromatic rings. The molecule has 1 heterocycles. The minimum atomic E-state index is -5.23. The number of carbonyl (C=O) groups is 4. The summed E-state index contributed by atoms with van der Waals surface area (Å²) in [5, 5.41) is 10.9. The number of ether oxygens (including phenoxy) is 1. The Kier molecular flexibility index (Phi) is 9.28. The highest BCUT2D eigenvalue weighted by Gasteiger charge is 2.66. The molecule has 2 fully saturated rings. The molecule has 6 atom stereocenters. The highest BCUT2D eigenvalue weighted by atomic mass is 127. The second kappa shape index (κ2) is 13.7. The predicted molar refractivity (Wildman–Crippen MR) is 203 cm³/mol. The summed E-state index contributed by atoms with van der Waals surface area (Å²) in [7, 11) is 1.35. The normalized spacial score (nSPS) is 26.0. The number of amides is 2. The van der Waals surface area contributed by atoms with Gasteiger partial charge in [-0.3, -0.25) is 19.2 Å². The lowest BCUT2D eigenvalue weighted by atomic mass is 9.44. The summed E-state index contributed by atoms with van der Waals surface area (Å²) < 4.78 is 89.6. The highest BCUT2D eigenvalue weighted by molar-refractivity contribution is 14.1. The van der Waals surface area contributed by atoms with Crippen LogP contribution >= 0.6 is 22.6 Å². The number of carbonyl (C=O) groups excluding carboxylic acids is 4. The van der Waals surface area contributed by atoms with Crippen molar-refractivity contribution in [1.82, 2.24) is 0 Å². The molecule has 0 radical (unpaired) electrons. The summed E-state index contributed by atoms with van der Waals surface area (Å²) in [6, 6.07) is 21.0. The number of fused-ring (bicyclic) bond motifs is 4. The van der Waals surface area contributed by atoms with Gasteiger partial charge in [0.25, 0.3) is 0 Å². The molecule has 8 rings (SSSR count). The Labute approximate surface area is 335 Å². The Bertz CT molecular complexity index is 2400. The van der Waals surface area contributed by atoms with Crippen molar-refractivity contribution < 1.29 is 55.4 Å². The number of benzene rings is 4. The number of hydrogen-bond donors (Lipinski definition) is 1. The minimum absolute atomic E-state index is 0.0616. The first-order chi connectivity index (χ1) is 27.0. The molecule has 7 nitrogen and oxygen atoms in total. The van der Waals surface area contributed by atoms with Crippen LogP contribution in [0.5, 0.6) is 11.5 Å². The number of ketones is 2. The standard InChI is InChI=1S/C43H30F6INO6/c1-57-33-15-22(14-32(50)38(33)54)36-27-12-13-28-35(40(56)51(39(28)55)26-17-24(42(44,45)46)16-25(18-26)43(47,48)49)30(27)19-31-37(53)29(21-8-4-2-5-9-21)20-34(52)41(31,36)23-10-6-3-7-11-23/h2-12,14-18,20,28,30-31,35-36,54H,13,19H2,1H3/t28-,30+,31-,35-,36-,41-/m0/s1. The van der Waals surface area contributed by atoms with Gasteiger partial charge in [0.05, 0.1) is 44.7 Å². The van der Waals surface area contributed by atoms with E-state index < -0.39 is 87.6 Å². The maximum atomic E-state index is 15.2. The fourth-order valence-corrected chi connectivity index (χ4v) is 10.1. The second-order valence-electron chi connectivity index (χ2n) is 14.6. The molecule has 1 N–H and O–H groups in total. The molecule has 14 heteroatoms. The van der Waals surface area contributed by atoms with Gasteiger partial charge in [0.15, 0.2) is 23.1 Å². The van der Waals surface area contributed by atoms with Crippen molar-refractivity contribution in [2.24, 2.45) is 23.7 Å². The first-order valence-electron chi connectivity index (χ1n) is 17.8. The number of hydrogen-bond acceptors (Lipinski definition) is 6. The number of phenolic OH excluding ortho intramolecular Hbond substituents is 1. The number of alkyl halides is 6. The topological polar surface area (TPSA) is 101 Å². The van der Waals surface area contributed by atoms with Crippen LogP contribution < -0.4 is 9.64 Å². The Morgan fingerprint density at radius 3 is 2.02 bits per heavy atom. The van der Waals surface area contributed by atoms with E-state index in [9.17, 15) is 41.0 Å². The van der Waals surface area contributed by atoms with Gasteiger partial charge in [-0.15, -0.1) is 0 Å². The summed E-state index contributed by atoms with van der Waals surface area (Å²) in [6.07, 6.45) is -7.71. The molecule has 2 amide bonds. The van der Waals surface area contributed by atoms with Gasteiger partial charge in [-0.2, -0.15) is 26.3 Å².